The van der Waals surface area contributed by atoms with E-state index in [0.717, 1.165) is 42.5 Å². The molecule has 2 heterocycles. The molecule has 0 aliphatic carbocycles. The van der Waals surface area contributed by atoms with E-state index in [1.54, 1.807) is 24.9 Å². The summed E-state index contributed by atoms with van der Waals surface area (Å²) in [6.45, 7) is 2.89. The summed E-state index contributed by atoms with van der Waals surface area (Å²) in [5.41, 5.74) is 0.851. The Bertz CT molecular complexity index is 731. The molecule has 26 heavy (non-hydrogen) atoms. The first-order chi connectivity index (χ1) is 12.6. The van der Waals surface area contributed by atoms with Crippen LogP contribution in [-0.2, 0) is 24.4 Å². The van der Waals surface area contributed by atoms with Crippen LogP contribution in [0.5, 0.6) is 11.5 Å². The van der Waals surface area contributed by atoms with E-state index in [1.165, 1.54) is 0 Å². The van der Waals surface area contributed by atoms with Gasteiger partial charge in [-0.2, -0.15) is 0 Å². The molecule has 3 rings (SSSR count). The topological polar surface area (TPSA) is 72.6 Å². The number of ether oxygens (including phenoxy) is 2. The van der Waals surface area contributed by atoms with Gasteiger partial charge in [0, 0.05) is 24.8 Å². The number of benzene rings is 1. The highest BCUT2D eigenvalue weighted by Crippen LogP contribution is 2.25. The number of rotatable bonds is 8. The van der Waals surface area contributed by atoms with Crippen molar-refractivity contribution in [2.45, 2.75) is 43.7 Å². The third kappa shape index (κ3) is 4.49. The fraction of sp³-hybridized carbons (Fsp3) is 0.556. The Morgan fingerprint density at radius 3 is 2.88 bits per heavy atom. The molecule has 8 heteroatoms. The second-order valence-corrected chi connectivity index (χ2v) is 7.29. The maximum Gasteiger partial charge on any atom is 0.191 e. The molecule has 0 spiro atoms. The third-order valence-corrected chi connectivity index (χ3v) is 5.20. The molecule has 142 valence electrons. The van der Waals surface area contributed by atoms with Crippen LogP contribution in [0.2, 0.25) is 0 Å². The van der Waals surface area contributed by atoms with Crippen molar-refractivity contribution >= 4 is 11.8 Å². The molecule has 0 bridgehead atoms. The number of thioether (sulfide) groups is 1. The lowest BCUT2D eigenvalue weighted by molar-refractivity contribution is 0.0934. The molecule has 1 aliphatic heterocycles. The quantitative estimate of drug-likeness (QED) is 0.708. The Balaban J connectivity index is 1.68. The highest BCUT2D eigenvalue weighted by molar-refractivity contribution is 7.98. The molecule has 1 aromatic carbocycles. The highest BCUT2D eigenvalue weighted by atomic mass is 32.2. The van der Waals surface area contributed by atoms with Crippen LogP contribution < -0.4 is 4.74 Å². The van der Waals surface area contributed by atoms with Gasteiger partial charge in [0.05, 0.1) is 26.3 Å². The number of phenols is 1. The van der Waals surface area contributed by atoms with Gasteiger partial charge in [-0.15, -0.1) is 10.2 Å². The second kappa shape index (κ2) is 8.75. The average molecular weight is 378 g/mol. The maximum absolute atomic E-state index is 10.2. The highest BCUT2D eigenvalue weighted by Gasteiger charge is 2.21. The van der Waals surface area contributed by atoms with Crippen LogP contribution in [-0.4, -0.2) is 57.9 Å². The van der Waals surface area contributed by atoms with Gasteiger partial charge in [-0.25, -0.2) is 0 Å². The number of aromatic hydroxyl groups is 1. The van der Waals surface area contributed by atoms with Crippen molar-refractivity contribution in [1.29, 1.82) is 0 Å². The number of methoxy groups -OCH3 is 1. The fourth-order valence-electron chi connectivity index (χ4n) is 3.15. The van der Waals surface area contributed by atoms with Crippen molar-refractivity contribution < 1.29 is 14.6 Å². The Hall–Kier alpha value is -1.77. The number of hydrogen-bond donors (Lipinski definition) is 1. The number of phenolic OH excluding ortho intramolecular Hbond substituents is 1. The van der Waals surface area contributed by atoms with Gasteiger partial charge in [0.15, 0.2) is 5.16 Å². The van der Waals surface area contributed by atoms with Crippen LogP contribution in [0.4, 0.5) is 0 Å². The van der Waals surface area contributed by atoms with Crippen LogP contribution in [0, 0.1) is 0 Å². The van der Waals surface area contributed by atoms with Gasteiger partial charge in [-0.1, -0.05) is 17.8 Å². The van der Waals surface area contributed by atoms with Gasteiger partial charge < -0.3 is 19.1 Å². The smallest absolute Gasteiger partial charge is 0.191 e. The molecule has 7 nitrogen and oxygen atoms in total. The van der Waals surface area contributed by atoms with E-state index in [1.807, 2.05) is 25.4 Å². The van der Waals surface area contributed by atoms with E-state index in [2.05, 4.69) is 19.7 Å². The van der Waals surface area contributed by atoms with Gasteiger partial charge in [0.2, 0.25) is 0 Å². The van der Waals surface area contributed by atoms with Crippen LogP contribution in [0.1, 0.15) is 24.2 Å². The molecule has 1 aromatic heterocycles. The van der Waals surface area contributed by atoms with E-state index in [-0.39, 0.29) is 11.9 Å². The molecular formula is C18H26N4O3S. The fourth-order valence-corrected chi connectivity index (χ4v) is 3.68. The summed E-state index contributed by atoms with van der Waals surface area (Å²) in [5.74, 6) is 1.80. The molecule has 1 fully saturated rings. The van der Waals surface area contributed by atoms with Crippen molar-refractivity contribution in [3.63, 3.8) is 0 Å². The lowest BCUT2D eigenvalue weighted by Gasteiger charge is -2.19. The predicted molar refractivity (Wildman–Crippen MR) is 101 cm³/mol. The second-order valence-electron chi connectivity index (χ2n) is 6.52. The van der Waals surface area contributed by atoms with Crippen LogP contribution in [0.3, 0.4) is 0 Å². The SMILES string of the molecule is COc1ccc(CN(C)Cc2nnc(SC)n2CC2CCCO2)c(O)c1. The van der Waals surface area contributed by atoms with Crippen LogP contribution >= 0.6 is 11.8 Å². The lowest BCUT2D eigenvalue weighted by atomic mass is 10.2. The minimum absolute atomic E-state index is 0.238. The number of aromatic nitrogens is 3. The standard InChI is InChI=1S/C18H26N4O3S/c1-21(10-13-6-7-14(24-2)9-16(13)23)12-17-19-20-18(26-3)22(17)11-15-5-4-8-25-15/h6-7,9,15,23H,4-5,8,10-12H2,1-3H3. The molecule has 1 atom stereocenters. The van der Waals surface area contributed by atoms with Gasteiger partial charge in [-0.3, -0.25) is 4.90 Å². The van der Waals surface area contributed by atoms with Crippen molar-refractivity contribution in [3.8, 4) is 11.5 Å². The average Bonchev–Trinajstić information content (AvgIpc) is 3.27. The third-order valence-electron chi connectivity index (χ3n) is 4.53. The van der Waals surface area contributed by atoms with Gasteiger partial charge in [0.1, 0.15) is 17.3 Å². The molecule has 1 saturated heterocycles. The van der Waals surface area contributed by atoms with Crippen molar-refractivity contribution in [1.82, 2.24) is 19.7 Å². The lowest BCUT2D eigenvalue weighted by Crippen LogP contribution is -2.23. The summed E-state index contributed by atoms with van der Waals surface area (Å²) in [5, 5.41) is 19.8. The molecule has 0 amide bonds. The molecule has 0 radical (unpaired) electrons. The summed E-state index contributed by atoms with van der Waals surface area (Å²) in [4.78, 5) is 2.11. The Morgan fingerprint density at radius 2 is 2.23 bits per heavy atom. The summed E-state index contributed by atoms with van der Waals surface area (Å²) >= 11 is 1.60. The first-order valence-corrected chi connectivity index (χ1v) is 9.95. The number of nitrogens with zero attached hydrogens (tertiary/aromatic N) is 4. The molecule has 1 N–H and O–H groups in total. The minimum atomic E-state index is 0.238. The summed E-state index contributed by atoms with van der Waals surface area (Å²) in [6.07, 6.45) is 4.46. The summed E-state index contributed by atoms with van der Waals surface area (Å²) < 4.78 is 13.1. The van der Waals surface area contributed by atoms with Crippen molar-refractivity contribution in [2.24, 2.45) is 0 Å². The maximum atomic E-state index is 10.2. The molecule has 0 saturated carbocycles. The zero-order chi connectivity index (χ0) is 18.5. The van der Waals surface area contributed by atoms with E-state index in [0.29, 0.717) is 18.8 Å². The monoisotopic (exact) mass is 378 g/mol. The Morgan fingerprint density at radius 1 is 1.38 bits per heavy atom. The van der Waals surface area contributed by atoms with E-state index >= 15 is 0 Å². The largest absolute Gasteiger partial charge is 0.507 e. The molecular weight excluding hydrogens is 352 g/mol. The van der Waals surface area contributed by atoms with E-state index in [4.69, 9.17) is 9.47 Å². The first-order valence-electron chi connectivity index (χ1n) is 8.72. The predicted octanol–water partition coefficient (Wildman–Crippen LogP) is 2.53. The van der Waals surface area contributed by atoms with Crippen molar-refractivity contribution in [2.75, 3.05) is 27.0 Å². The summed E-state index contributed by atoms with van der Waals surface area (Å²) in [7, 11) is 3.60. The van der Waals surface area contributed by atoms with Crippen molar-refractivity contribution in [3.05, 3.63) is 29.6 Å². The summed E-state index contributed by atoms with van der Waals surface area (Å²) in [6, 6.07) is 5.37. The zero-order valence-corrected chi connectivity index (χ0v) is 16.3. The molecule has 1 aliphatic rings. The number of hydrogen-bond acceptors (Lipinski definition) is 7. The Labute approximate surface area is 158 Å². The van der Waals surface area contributed by atoms with Gasteiger partial charge in [-0.05, 0) is 32.2 Å². The van der Waals surface area contributed by atoms with Crippen LogP contribution in [0.15, 0.2) is 23.4 Å². The normalized spacial score (nSPS) is 17.2. The molecule has 2 aromatic rings. The minimum Gasteiger partial charge on any atom is -0.507 e. The van der Waals surface area contributed by atoms with Crippen LogP contribution in [0.25, 0.3) is 0 Å². The van der Waals surface area contributed by atoms with E-state index < -0.39 is 0 Å². The van der Waals surface area contributed by atoms with E-state index in [9.17, 15) is 5.11 Å². The zero-order valence-electron chi connectivity index (χ0n) is 15.5. The first kappa shape index (κ1) is 19.0. The van der Waals surface area contributed by atoms with Gasteiger partial charge >= 0.3 is 0 Å². The van der Waals surface area contributed by atoms with Gasteiger partial charge in [0.25, 0.3) is 0 Å². The molecule has 1 unspecified atom stereocenters. The Kier molecular flexibility index (Phi) is 6.39.